The Morgan fingerprint density at radius 1 is 1.12 bits per heavy atom. The molecule has 2 heterocycles. The summed E-state index contributed by atoms with van der Waals surface area (Å²) in [6.07, 6.45) is 1.38. The van der Waals surface area contributed by atoms with Crippen molar-refractivity contribution < 1.29 is 9.59 Å². The zero-order chi connectivity index (χ0) is 23.5. The van der Waals surface area contributed by atoms with Gasteiger partial charge in [-0.1, -0.05) is 54.1 Å². The van der Waals surface area contributed by atoms with Gasteiger partial charge in [-0.2, -0.15) is 0 Å². The first-order chi connectivity index (χ1) is 15.8. The summed E-state index contributed by atoms with van der Waals surface area (Å²) in [5.74, 6) is -0.777. The van der Waals surface area contributed by atoms with Crippen molar-refractivity contribution in [2.24, 2.45) is 0 Å². The summed E-state index contributed by atoms with van der Waals surface area (Å²) < 4.78 is 1.28. The smallest absolute Gasteiger partial charge is 0.263 e. The standard InChI is InChI=1S/C24H21ClN4O3S/c1-15-21(16-8-4-3-5-9-16)22-23(33-15)26-14-29(24(22)32)13-20(31)28(2)12-19(30)27-18-11-7-6-10-17(18)25/h3-11,14H,12-13H2,1-2H3,(H,27,30). The van der Waals surface area contributed by atoms with Gasteiger partial charge in [-0.05, 0) is 24.6 Å². The van der Waals surface area contributed by atoms with E-state index in [-0.39, 0.29) is 30.5 Å². The molecule has 0 bridgehead atoms. The summed E-state index contributed by atoms with van der Waals surface area (Å²) >= 11 is 7.51. The van der Waals surface area contributed by atoms with Crippen molar-refractivity contribution in [1.29, 1.82) is 0 Å². The molecule has 7 nitrogen and oxygen atoms in total. The van der Waals surface area contributed by atoms with E-state index in [4.69, 9.17) is 11.6 Å². The molecule has 2 aromatic carbocycles. The summed E-state index contributed by atoms with van der Waals surface area (Å²) in [4.78, 5) is 45.6. The van der Waals surface area contributed by atoms with Crippen LogP contribution >= 0.6 is 22.9 Å². The molecule has 0 radical (unpaired) electrons. The number of benzene rings is 2. The van der Waals surface area contributed by atoms with Gasteiger partial charge in [0.05, 0.1) is 29.0 Å². The van der Waals surface area contributed by atoms with E-state index in [1.165, 1.54) is 34.2 Å². The predicted octanol–water partition coefficient (Wildman–Crippen LogP) is 4.18. The Labute approximate surface area is 199 Å². The maximum absolute atomic E-state index is 13.3. The third-order valence-corrected chi connectivity index (χ3v) is 6.52. The lowest BCUT2D eigenvalue weighted by molar-refractivity contribution is -0.133. The van der Waals surface area contributed by atoms with E-state index < -0.39 is 0 Å². The van der Waals surface area contributed by atoms with Gasteiger partial charge in [0, 0.05) is 17.5 Å². The molecular weight excluding hydrogens is 460 g/mol. The number of rotatable bonds is 6. The fourth-order valence-electron chi connectivity index (χ4n) is 3.52. The van der Waals surface area contributed by atoms with Crippen molar-refractivity contribution in [2.75, 3.05) is 18.9 Å². The van der Waals surface area contributed by atoms with Gasteiger partial charge in [0.2, 0.25) is 11.8 Å². The van der Waals surface area contributed by atoms with Crippen molar-refractivity contribution >= 4 is 50.7 Å². The molecule has 2 aromatic heterocycles. The van der Waals surface area contributed by atoms with Gasteiger partial charge < -0.3 is 10.2 Å². The highest BCUT2D eigenvalue weighted by Crippen LogP contribution is 2.35. The summed E-state index contributed by atoms with van der Waals surface area (Å²) in [6.45, 7) is 1.55. The van der Waals surface area contributed by atoms with E-state index in [0.29, 0.717) is 20.9 Å². The van der Waals surface area contributed by atoms with Crippen LogP contribution in [0.25, 0.3) is 21.3 Å². The van der Waals surface area contributed by atoms with Crippen LogP contribution in [0.1, 0.15) is 4.88 Å². The Morgan fingerprint density at radius 2 is 1.82 bits per heavy atom. The van der Waals surface area contributed by atoms with Crippen LogP contribution in [-0.2, 0) is 16.1 Å². The number of anilines is 1. The van der Waals surface area contributed by atoms with Gasteiger partial charge >= 0.3 is 0 Å². The first-order valence-electron chi connectivity index (χ1n) is 10.2. The Balaban J connectivity index is 1.53. The number of carbonyl (C=O) groups is 2. The van der Waals surface area contributed by atoms with Crippen molar-refractivity contribution in [1.82, 2.24) is 14.5 Å². The van der Waals surface area contributed by atoms with Gasteiger partial charge in [-0.15, -0.1) is 11.3 Å². The number of likely N-dealkylation sites (N-methyl/N-ethyl adjacent to an activating group) is 1. The number of nitrogens with one attached hydrogen (secondary N) is 1. The molecule has 0 aliphatic heterocycles. The molecule has 0 spiro atoms. The second-order valence-electron chi connectivity index (χ2n) is 7.53. The lowest BCUT2D eigenvalue weighted by Crippen LogP contribution is -2.38. The molecule has 0 saturated carbocycles. The van der Waals surface area contributed by atoms with E-state index in [2.05, 4.69) is 10.3 Å². The molecule has 33 heavy (non-hydrogen) atoms. The SMILES string of the molecule is Cc1sc2ncn(CC(=O)N(C)CC(=O)Nc3ccccc3Cl)c(=O)c2c1-c1ccccc1. The Kier molecular flexibility index (Phi) is 6.57. The van der Waals surface area contributed by atoms with Crippen LogP contribution < -0.4 is 10.9 Å². The van der Waals surface area contributed by atoms with Gasteiger partial charge in [0.1, 0.15) is 11.4 Å². The minimum Gasteiger partial charge on any atom is -0.335 e. The fraction of sp³-hybridized carbons (Fsp3) is 0.167. The number of fused-ring (bicyclic) bond motifs is 1. The van der Waals surface area contributed by atoms with Crippen molar-refractivity contribution in [3.05, 3.63) is 81.2 Å². The molecule has 0 saturated heterocycles. The fourth-order valence-corrected chi connectivity index (χ4v) is 4.71. The Morgan fingerprint density at radius 3 is 2.55 bits per heavy atom. The van der Waals surface area contributed by atoms with Gasteiger partial charge in [0.25, 0.3) is 5.56 Å². The van der Waals surface area contributed by atoms with Crippen LogP contribution in [0.15, 0.2) is 65.7 Å². The Bertz CT molecular complexity index is 1400. The van der Waals surface area contributed by atoms with Crippen molar-refractivity contribution in [2.45, 2.75) is 13.5 Å². The van der Waals surface area contributed by atoms with Crippen LogP contribution in [0.3, 0.4) is 0 Å². The number of thiophene rings is 1. The second-order valence-corrected chi connectivity index (χ2v) is 9.15. The summed E-state index contributed by atoms with van der Waals surface area (Å²) in [5, 5.41) is 3.59. The molecule has 4 rings (SSSR count). The summed E-state index contributed by atoms with van der Waals surface area (Å²) in [7, 11) is 1.51. The lowest BCUT2D eigenvalue weighted by atomic mass is 10.0. The van der Waals surface area contributed by atoms with Crippen LogP contribution in [0, 0.1) is 6.92 Å². The van der Waals surface area contributed by atoms with Crippen LogP contribution in [0.2, 0.25) is 5.02 Å². The minimum absolute atomic E-state index is 0.179. The molecule has 0 atom stereocenters. The van der Waals surface area contributed by atoms with Gasteiger partial charge in [0.15, 0.2) is 0 Å². The molecule has 168 valence electrons. The first-order valence-corrected chi connectivity index (χ1v) is 11.4. The number of halogens is 1. The average Bonchev–Trinajstić information content (AvgIpc) is 3.14. The van der Waals surface area contributed by atoms with E-state index in [9.17, 15) is 14.4 Å². The molecule has 1 N–H and O–H groups in total. The minimum atomic E-state index is -0.389. The highest BCUT2D eigenvalue weighted by molar-refractivity contribution is 7.19. The number of aromatic nitrogens is 2. The number of hydrogen-bond acceptors (Lipinski definition) is 5. The van der Waals surface area contributed by atoms with Crippen LogP contribution in [0.4, 0.5) is 5.69 Å². The predicted molar refractivity (Wildman–Crippen MR) is 132 cm³/mol. The lowest BCUT2D eigenvalue weighted by Gasteiger charge is -2.17. The molecule has 4 aromatic rings. The van der Waals surface area contributed by atoms with E-state index in [1.807, 2.05) is 37.3 Å². The zero-order valence-corrected chi connectivity index (χ0v) is 19.6. The maximum Gasteiger partial charge on any atom is 0.263 e. The van der Waals surface area contributed by atoms with Crippen molar-refractivity contribution in [3.8, 4) is 11.1 Å². The second kappa shape index (κ2) is 9.56. The van der Waals surface area contributed by atoms with Gasteiger partial charge in [-0.3, -0.25) is 19.0 Å². The van der Waals surface area contributed by atoms with E-state index in [0.717, 1.165) is 16.0 Å². The third-order valence-electron chi connectivity index (χ3n) is 5.18. The number of nitrogens with zero attached hydrogens (tertiary/aromatic N) is 3. The van der Waals surface area contributed by atoms with Gasteiger partial charge in [-0.25, -0.2) is 4.98 Å². The van der Waals surface area contributed by atoms with E-state index in [1.54, 1.807) is 24.3 Å². The molecular formula is C24H21ClN4O3S. The monoisotopic (exact) mass is 480 g/mol. The number of hydrogen-bond donors (Lipinski definition) is 1. The molecule has 0 unspecified atom stereocenters. The summed E-state index contributed by atoms with van der Waals surface area (Å²) in [5.41, 5.74) is 1.95. The zero-order valence-electron chi connectivity index (χ0n) is 18.0. The Hall–Kier alpha value is -3.49. The molecule has 9 heteroatoms. The number of carbonyl (C=O) groups excluding carboxylic acids is 2. The number of para-hydroxylation sites is 1. The largest absolute Gasteiger partial charge is 0.335 e. The molecule has 0 fully saturated rings. The highest BCUT2D eigenvalue weighted by Gasteiger charge is 2.19. The quantitative estimate of drug-likeness (QED) is 0.448. The topological polar surface area (TPSA) is 84.3 Å². The summed E-state index contributed by atoms with van der Waals surface area (Å²) in [6, 6.07) is 16.5. The maximum atomic E-state index is 13.3. The highest BCUT2D eigenvalue weighted by atomic mass is 35.5. The van der Waals surface area contributed by atoms with Crippen LogP contribution in [-0.4, -0.2) is 39.9 Å². The first kappa shape index (κ1) is 22.7. The molecule has 2 amide bonds. The third kappa shape index (κ3) is 4.81. The normalized spacial score (nSPS) is 10.9. The van der Waals surface area contributed by atoms with Crippen molar-refractivity contribution in [3.63, 3.8) is 0 Å². The average molecular weight is 481 g/mol. The van der Waals surface area contributed by atoms with E-state index >= 15 is 0 Å². The molecule has 0 aliphatic rings. The van der Waals surface area contributed by atoms with Crippen LogP contribution in [0.5, 0.6) is 0 Å². The molecule has 0 aliphatic carbocycles. The number of aryl methyl sites for hydroxylation is 1. The number of amides is 2.